The van der Waals surface area contributed by atoms with Gasteiger partial charge in [-0.3, -0.25) is 0 Å². The van der Waals surface area contributed by atoms with Crippen molar-refractivity contribution < 1.29 is 5.11 Å². The van der Waals surface area contributed by atoms with Gasteiger partial charge in [-0.1, -0.05) is 31.2 Å². The summed E-state index contributed by atoms with van der Waals surface area (Å²) in [7, 11) is 0. The Morgan fingerprint density at radius 2 is 1.95 bits per heavy atom. The van der Waals surface area contributed by atoms with Crippen molar-refractivity contribution in [1.29, 1.82) is 0 Å². The first-order valence-electron chi connectivity index (χ1n) is 6.94. The lowest BCUT2D eigenvalue weighted by Gasteiger charge is -2.16. The highest BCUT2D eigenvalue weighted by atomic mass is 16.3. The molecule has 98 valence electrons. The Hall–Kier alpha value is -1.96. The highest BCUT2D eigenvalue weighted by molar-refractivity contribution is 5.51. The standard InChI is InChI=1S/C17H19NO/c1-2-12-6-8-13(9-7-12)18-16-11-10-15-14(16)4-3-5-17(15)19/h3-9,16,18-19H,2,10-11H2,1H3. The molecule has 1 aliphatic carbocycles. The summed E-state index contributed by atoms with van der Waals surface area (Å²) < 4.78 is 0. The van der Waals surface area contributed by atoms with Crippen LogP contribution in [0.25, 0.3) is 0 Å². The molecular weight excluding hydrogens is 234 g/mol. The summed E-state index contributed by atoms with van der Waals surface area (Å²) in [6.45, 7) is 2.17. The SMILES string of the molecule is CCc1ccc(NC2CCc3c(O)cccc32)cc1. The fraction of sp³-hybridized carbons (Fsp3) is 0.294. The van der Waals surface area contributed by atoms with E-state index in [9.17, 15) is 5.11 Å². The van der Waals surface area contributed by atoms with E-state index in [0.29, 0.717) is 11.8 Å². The van der Waals surface area contributed by atoms with Crippen LogP contribution in [0.3, 0.4) is 0 Å². The minimum Gasteiger partial charge on any atom is -0.508 e. The van der Waals surface area contributed by atoms with Crippen LogP contribution >= 0.6 is 0 Å². The van der Waals surface area contributed by atoms with Crippen LogP contribution < -0.4 is 5.32 Å². The fourth-order valence-electron chi connectivity index (χ4n) is 2.82. The third-order valence-corrected chi connectivity index (χ3v) is 3.95. The van der Waals surface area contributed by atoms with Gasteiger partial charge in [-0.25, -0.2) is 0 Å². The molecule has 19 heavy (non-hydrogen) atoms. The Labute approximate surface area is 114 Å². The second-order valence-corrected chi connectivity index (χ2v) is 5.13. The number of anilines is 1. The lowest BCUT2D eigenvalue weighted by Crippen LogP contribution is -2.06. The van der Waals surface area contributed by atoms with Gasteiger partial charge in [-0.2, -0.15) is 0 Å². The second-order valence-electron chi connectivity index (χ2n) is 5.13. The summed E-state index contributed by atoms with van der Waals surface area (Å²) >= 11 is 0. The van der Waals surface area contributed by atoms with E-state index in [4.69, 9.17) is 0 Å². The van der Waals surface area contributed by atoms with Crippen molar-refractivity contribution >= 4 is 5.69 Å². The molecule has 0 aromatic heterocycles. The monoisotopic (exact) mass is 253 g/mol. The van der Waals surface area contributed by atoms with Crippen LogP contribution in [-0.4, -0.2) is 5.11 Å². The van der Waals surface area contributed by atoms with Gasteiger partial charge in [-0.15, -0.1) is 0 Å². The van der Waals surface area contributed by atoms with E-state index in [-0.39, 0.29) is 0 Å². The smallest absolute Gasteiger partial charge is 0.119 e. The van der Waals surface area contributed by atoms with E-state index < -0.39 is 0 Å². The van der Waals surface area contributed by atoms with Crippen molar-refractivity contribution in [2.75, 3.05) is 5.32 Å². The minimum absolute atomic E-state index is 0.314. The molecule has 0 saturated heterocycles. The van der Waals surface area contributed by atoms with Crippen molar-refractivity contribution in [3.05, 3.63) is 59.2 Å². The molecule has 0 fully saturated rings. The molecule has 3 rings (SSSR count). The van der Waals surface area contributed by atoms with E-state index in [2.05, 4.69) is 42.6 Å². The van der Waals surface area contributed by atoms with Gasteiger partial charge in [0.15, 0.2) is 0 Å². The van der Waals surface area contributed by atoms with Gasteiger partial charge in [0.05, 0.1) is 6.04 Å². The van der Waals surface area contributed by atoms with Gasteiger partial charge in [0.1, 0.15) is 5.75 Å². The molecule has 2 nitrogen and oxygen atoms in total. The Bertz CT molecular complexity index is 574. The van der Waals surface area contributed by atoms with Crippen molar-refractivity contribution in [2.45, 2.75) is 32.2 Å². The van der Waals surface area contributed by atoms with Gasteiger partial charge < -0.3 is 10.4 Å². The van der Waals surface area contributed by atoms with Crippen LogP contribution in [0.2, 0.25) is 0 Å². The summed E-state index contributed by atoms with van der Waals surface area (Å²) in [4.78, 5) is 0. The number of hydrogen-bond donors (Lipinski definition) is 2. The molecule has 0 radical (unpaired) electrons. The zero-order valence-electron chi connectivity index (χ0n) is 11.2. The number of fused-ring (bicyclic) bond motifs is 1. The molecule has 2 heteroatoms. The molecule has 1 unspecified atom stereocenters. The van der Waals surface area contributed by atoms with E-state index in [1.165, 1.54) is 11.1 Å². The van der Waals surface area contributed by atoms with Crippen molar-refractivity contribution in [2.24, 2.45) is 0 Å². The number of aryl methyl sites for hydroxylation is 1. The topological polar surface area (TPSA) is 32.3 Å². The normalized spacial score (nSPS) is 17.2. The van der Waals surface area contributed by atoms with Crippen LogP contribution in [0.15, 0.2) is 42.5 Å². The van der Waals surface area contributed by atoms with Gasteiger partial charge in [0, 0.05) is 5.69 Å². The Balaban J connectivity index is 1.80. The third-order valence-electron chi connectivity index (χ3n) is 3.95. The first kappa shape index (κ1) is 12.1. The maximum absolute atomic E-state index is 9.86. The molecule has 0 saturated carbocycles. The van der Waals surface area contributed by atoms with Gasteiger partial charge in [0.2, 0.25) is 0 Å². The number of rotatable bonds is 3. The minimum atomic E-state index is 0.314. The lowest BCUT2D eigenvalue weighted by molar-refractivity contribution is 0.469. The first-order chi connectivity index (χ1) is 9.28. The van der Waals surface area contributed by atoms with E-state index >= 15 is 0 Å². The number of benzene rings is 2. The average molecular weight is 253 g/mol. The molecule has 0 aliphatic heterocycles. The number of aromatic hydroxyl groups is 1. The van der Waals surface area contributed by atoms with Crippen molar-refractivity contribution in [3.8, 4) is 5.75 Å². The summed E-state index contributed by atoms with van der Waals surface area (Å²) in [6, 6.07) is 14.7. The zero-order valence-corrected chi connectivity index (χ0v) is 11.2. The Morgan fingerprint density at radius 3 is 2.68 bits per heavy atom. The lowest BCUT2D eigenvalue weighted by atomic mass is 10.1. The summed E-state index contributed by atoms with van der Waals surface area (Å²) in [5, 5.41) is 13.4. The van der Waals surface area contributed by atoms with Crippen LogP contribution in [0, 0.1) is 0 Å². The molecule has 1 atom stereocenters. The van der Waals surface area contributed by atoms with Crippen LogP contribution in [0.4, 0.5) is 5.69 Å². The molecule has 0 amide bonds. The second kappa shape index (κ2) is 4.96. The number of nitrogens with one attached hydrogen (secondary N) is 1. The zero-order chi connectivity index (χ0) is 13.2. The summed E-state index contributed by atoms with van der Waals surface area (Å²) in [5.41, 5.74) is 4.85. The predicted octanol–water partition coefficient (Wildman–Crippen LogP) is 4.05. The molecule has 0 spiro atoms. The number of phenolic OH excluding ortho intramolecular Hbond substituents is 1. The first-order valence-corrected chi connectivity index (χ1v) is 6.94. The summed E-state index contributed by atoms with van der Waals surface area (Å²) in [6.07, 6.45) is 3.07. The highest BCUT2D eigenvalue weighted by Gasteiger charge is 2.24. The van der Waals surface area contributed by atoms with Crippen LogP contribution in [0.5, 0.6) is 5.75 Å². The quantitative estimate of drug-likeness (QED) is 0.864. The molecule has 2 N–H and O–H groups in total. The van der Waals surface area contributed by atoms with Crippen molar-refractivity contribution in [3.63, 3.8) is 0 Å². The summed E-state index contributed by atoms with van der Waals surface area (Å²) in [5.74, 6) is 0.433. The molecule has 0 heterocycles. The molecular formula is C17H19NO. The number of phenols is 1. The predicted molar refractivity (Wildman–Crippen MR) is 78.6 cm³/mol. The average Bonchev–Trinajstić information content (AvgIpc) is 2.84. The van der Waals surface area contributed by atoms with Gasteiger partial charge >= 0.3 is 0 Å². The van der Waals surface area contributed by atoms with E-state index in [1.807, 2.05) is 6.07 Å². The Kier molecular flexibility index (Phi) is 3.16. The van der Waals surface area contributed by atoms with Crippen LogP contribution in [-0.2, 0) is 12.8 Å². The van der Waals surface area contributed by atoms with Gasteiger partial charge in [0.25, 0.3) is 0 Å². The van der Waals surface area contributed by atoms with E-state index in [1.54, 1.807) is 6.07 Å². The van der Waals surface area contributed by atoms with Crippen LogP contribution in [0.1, 0.15) is 36.1 Å². The molecule has 2 aromatic carbocycles. The van der Waals surface area contributed by atoms with E-state index in [0.717, 1.165) is 30.5 Å². The third kappa shape index (κ3) is 2.30. The Morgan fingerprint density at radius 1 is 1.16 bits per heavy atom. The molecule has 0 bridgehead atoms. The fourth-order valence-corrected chi connectivity index (χ4v) is 2.82. The number of hydrogen-bond acceptors (Lipinski definition) is 2. The molecule has 2 aromatic rings. The van der Waals surface area contributed by atoms with Crippen molar-refractivity contribution in [1.82, 2.24) is 0 Å². The maximum Gasteiger partial charge on any atom is 0.119 e. The van der Waals surface area contributed by atoms with Gasteiger partial charge in [-0.05, 0) is 54.2 Å². The largest absolute Gasteiger partial charge is 0.508 e. The highest BCUT2D eigenvalue weighted by Crippen LogP contribution is 2.38. The molecule has 1 aliphatic rings. The maximum atomic E-state index is 9.86.